The van der Waals surface area contributed by atoms with Crippen LogP contribution in [0, 0.1) is 11.7 Å². The van der Waals surface area contributed by atoms with E-state index in [1.54, 1.807) is 6.20 Å². The van der Waals surface area contributed by atoms with Gasteiger partial charge in [-0.1, -0.05) is 42.6 Å². The first kappa shape index (κ1) is 30.3. The lowest BCUT2D eigenvalue weighted by atomic mass is 9.75. The molecule has 2 aliphatic heterocycles. The van der Waals surface area contributed by atoms with Gasteiger partial charge in [0.25, 0.3) is 0 Å². The van der Waals surface area contributed by atoms with Gasteiger partial charge in [-0.2, -0.15) is 0 Å². The third kappa shape index (κ3) is 8.64. The standard InChI is InChI=1S/C30H42ClFN4O2S/c1-4-15-39-36-13-12-33-18-24(36)9-10-25-27(32)19-34-20-28(25)35-29(37)16-26(21-5-7-23(31)8-6-21)22-11-14-38-30(2,3)17-22/h5-8,19-20,22,24,26,33H,4,9-18H2,1-3H3,(H,35,37)/t22?,24-,26?/m0/s1. The Morgan fingerprint density at radius 3 is 2.87 bits per heavy atom. The highest BCUT2D eigenvalue weighted by atomic mass is 35.5. The van der Waals surface area contributed by atoms with Crippen LogP contribution in [0.5, 0.6) is 0 Å². The van der Waals surface area contributed by atoms with Crippen LogP contribution in [-0.4, -0.2) is 58.8 Å². The van der Waals surface area contributed by atoms with Crippen LogP contribution in [0.3, 0.4) is 0 Å². The fraction of sp³-hybridized carbons (Fsp3) is 0.600. The number of pyridine rings is 1. The van der Waals surface area contributed by atoms with Crippen molar-refractivity contribution >= 4 is 35.1 Å². The van der Waals surface area contributed by atoms with Gasteiger partial charge >= 0.3 is 0 Å². The molecule has 0 radical (unpaired) electrons. The summed E-state index contributed by atoms with van der Waals surface area (Å²) in [5, 5.41) is 7.16. The van der Waals surface area contributed by atoms with E-state index in [0.29, 0.717) is 41.8 Å². The second-order valence-corrected chi connectivity index (χ2v) is 12.9. The van der Waals surface area contributed by atoms with Crippen molar-refractivity contribution in [3.05, 3.63) is 58.6 Å². The van der Waals surface area contributed by atoms with Gasteiger partial charge in [0, 0.05) is 55.0 Å². The summed E-state index contributed by atoms with van der Waals surface area (Å²) in [5.74, 6) is 0.877. The van der Waals surface area contributed by atoms with Crippen LogP contribution >= 0.6 is 23.5 Å². The van der Waals surface area contributed by atoms with Crippen LogP contribution in [0.1, 0.15) is 69.9 Å². The molecule has 2 N–H and O–H groups in total. The maximum Gasteiger partial charge on any atom is 0.225 e. The summed E-state index contributed by atoms with van der Waals surface area (Å²) in [5.41, 5.74) is 1.85. The maximum atomic E-state index is 15.0. The average molecular weight is 577 g/mol. The molecule has 1 aromatic carbocycles. The van der Waals surface area contributed by atoms with Crippen molar-refractivity contribution in [2.24, 2.45) is 5.92 Å². The normalized spacial score (nSPS) is 22.4. The van der Waals surface area contributed by atoms with Crippen LogP contribution in [0.15, 0.2) is 36.7 Å². The Hall–Kier alpha value is -1.71. The lowest BCUT2D eigenvalue weighted by Gasteiger charge is -2.39. The summed E-state index contributed by atoms with van der Waals surface area (Å²) in [6.45, 7) is 9.90. The second-order valence-electron chi connectivity index (χ2n) is 11.3. The molecule has 0 spiro atoms. The zero-order chi connectivity index (χ0) is 27.8. The highest BCUT2D eigenvalue weighted by molar-refractivity contribution is 7.97. The van der Waals surface area contributed by atoms with E-state index < -0.39 is 0 Å². The van der Waals surface area contributed by atoms with Crippen LogP contribution < -0.4 is 10.6 Å². The first-order chi connectivity index (χ1) is 18.8. The van der Waals surface area contributed by atoms with Crippen molar-refractivity contribution < 1.29 is 13.9 Å². The van der Waals surface area contributed by atoms with Crippen molar-refractivity contribution in [1.82, 2.24) is 14.6 Å². The Kier molecular flexibility index (Phi) is 11.1. The third-order valence-corrected chi connectivity index (χ3v) is 9.43. The van der Waals surface area contributed by atoms with Gasteiger partial charge in [-0.05, 0) is 75.5 Å². The van der Waals surface area contributed by atoms with Crippen LogP contribution in [0.25, 0.3) is 0 Å². The number of rotatable bonds is 11. The number of aromatic nitrogens is 1. The molecule has 0 saturated carbocycles. The monoisotopic (exact) mass is 576 g/mol. The van der Waals surface area contributed by atoms with Crippen molar-refractivity contribution in [2.45, 2.75) is 76.9 Å². The van der Waals surface area contributed by atoms with Gasteiger partial charge in [0.1, 0.15) is 5.82 Å². The van der Waals surface area contributed by atoms with E-state index in [2.05, 4.69) is 40.7 Å². The topological polar surface area (TPSA) is 66.5 Å². The molecule has 3 atom stereocenters. The summed E-state index contributed by atoms with van der Waals surface area (Å²) >= 11 is 8.04. The Bertz CT molecular complexity index is 1090. The molecule has 1 aromatic heterocycles. The molecule has 2 saturated heterocycles. The molecule has 3 heterocycles. The second kappa shape index (κ2) is 14.3. The van der Waals surface area contributed by atoms with Crippen molar-refractivity contribution in [3.8, 4) is 0 Å². The zero-order valence-electron chi connectivity index (χ0n) is 23.3. The van der Waals surface area contributed by atoms with Crippen molar-refractivity contribution in [1.29, 1.82) is 0 Å². The number of hydrogen-bond acceptors (Lipinski definition) is 6. The fourth-order valence-electron chi connectivity index (χ4n) is 5.79. The number of ether oxygens (including phenoxy) is 1. The Labute approximate surface area is 241 Å². The van der Waals surface area contributed by atoms with E-state index in [9.17, 15) is 4.79 Å². The van der Waals surface area contributed by atoms with Crippen molar-refractivity contribution in [2.75, 3.05) is 37.3 Å². The van der Waals surface area contributed by atoms with E-state index in [0.717, 1.165) is 56.6 Å². The predicted molar refractivity (Wildman–Crippen MR) is 159 cm³/mol. The number of anilines is 1. The smallest absolute Gasteiger partial charge is 0.225 e. The molecule has 1 amide bonds. The van der Waals surface area contributed by atoms with Crippen LogP contribution in [0.4, 0.5) is 10.1 Å². The van der Waals surface area contributed by atoms with E-state index in [1.165, 1.54) is 6.20 Å². The molecular weight excluding hydrogens is 535 g/mol. The van der Waals surface area contributed by atoms with E-state index >= 15 is 4.39 Å². The summed E-state index contributed by atoms with van der Waals surface area (Å²) in [6, 6.07) is 8.10. The van der Waals surface area contributed by atoms with Gasteiger partial charge in [0.15, 0.2) is 0 Å². The Morgan fingerprint density at radius 1 is 1.33 bits per heavy atom. The minimum Gasteiger partial charge on any atom is -0.376 e. The lowest BCUT2D eigenvalue weighted by molar-refractivity contribution is -0.118. The molecule has 2 unspecified atom stereocenters. The highest BCUT2D eigenvalue weighted by Crippen LogP contribution is 2.40. The predicted octanol–water partition coefficient (Wildman–Crippen LogP) is 6.46. The minimum atomic E-state index is -0.371. The van der Waals surface area contributed by atoms with E-state index in [-0.39, 0.29) is 29.2 Å². The number of carbonyl (C=O) groups is 1. The van der Waals surface area contributed by atoms with E-state index in [4.69, 9.17) is 16.3 Å². The van der Waals surface area contributed by atoms with Crippen LogP contribution in [-0.2, 0) is 16.0 Å². The number of carbonyl (C=O) groups excluding carboxylic acids is 1. The summed E-state index contributed by atoms with van der Waals surface area (Å²) in [4.78, 5) is 17.5. The van der Waals surface area contributed by atoms with Crippen LogP contribution in [0.2, 0.25) is 5.02 Å². The van der Waals surface area contributed by atoms with Gasteiger partial charge in [0.05, 0.1) is 23.7 Å². The molecular formula is C30H42ClFN4O2S. The number of nitrogens with one attached hydrogen (secondary N) is 2. The van der Waals surface area contributed by atoms with E-state index in [1.807, 2.05) is 36.2 Å². The highest BCUT2D eigenvalue weighted by Gasteiger charge is 2.35. The number of amides is 1. The molecule has 2 aliphatic rings. The molecule has 4 rings (SSSR count). The maximum absolute atomic E-state index is 15.0. The third-order valence-electron chi connectivity index (χ3n) is 7.77. The number of hydrogen-bond donors (Lipinski definition) is 2. The average Bonchev–Trinajstić information content (AvgIpc) is 2.91. The molecule has 2 aromatic rings. The van der Waals surface area contributed by atoms with Gasteiger partial charge in [-0.15, -0.1) is 0 Å². The molecule has 214 valence electrons. The summed E-state index contributed by atoms with van der Waals surface area (Å²) in [6.07, 6.45) is 7.33. The number of halogens is 2. The first-order valence-corrected chi connectivity index (χ1v) is 15.5. The van der Waals surface area contributed by atoms with Crippen molar-refractivity contribution in [3.63, 3.8) is 0 Å². The minimum absolute atomic E-state index is 0.00729. The quantitative estimate of drug-likeness (QED) is 0.299. The zero-order valence-corrected chi connectivity index (χ0v) is 24.9. The first-order valence-electron chi connectivity index (χ1n) is 14.2. The molecule has 0 bridgehead atoms. The molecule has 0 aliphatic carbocycles. The number of piperazine rings is 1. The lowest BCUT2D eigenvalue weighted by Crippen LogP contribution is -2.48. The molecule has 2 fully saturated rings. The molecule has 6 nitrogen and oxygen atoms in total. The van der Waals surface area contributed by atoms with Gasteiger partial charge in [-0.3, -0.25) is 9.78 Å². The van der Waals surface area contributed by atoms with Gasteiger partial charge in [0.2, 0.25) is 5.91 Å². The fourth-order valence-corrected chi connectivity index (χ4v) is 6.95. The largest absolute Gasteiger partial charge is 0.376 e. The summed E-state index contributed by atoms with van der Waals surface area (Å²) in [7, 11) is 0. The van der Waals surface area contributed by atoms with Gasteiger partial charge < -0.3 is 15.4 Å². The SMILES string of the molecule is CCCSN1CCNC[C@@H]1CCc1c(F)cncc1NC(=O)CC(c1ccc(Cl)cc1)C1CCOC(C)(C)C1. The van der Waals surface area contributed by atoms with Gasteiger partial charge in [-0.25, -0.2) is 8.70 Å². The molecule has 39 heavy (non-hydrogen) atoms. The number of benzene rings is 1. The number of nitrogens with zero attached hydrogens (tertiary/aromatic N) is 2. The molecule has 9 heteroatoms. The Morgan fingerprint density at radius 2 is 2.13 bits per heavy atom. The summed E-state index contributed by atoms with van der Waals surface area (Å²) < 4.78 is 23.4. The Balaban J connectivity index is 1.47.